The molecule has 0 amide bonds. The van der Waals surface area contributed by atoms with Gasteiger partial charge in [0, 0.05) is 20.2 Å². The summed E-state index contributed by atoms with van der Waals surface area (Å²) in [7, 11) is 3.96. The molecule has 1 aromatic rings. The van der Waals surface area contributed by atoms with Crippen molar-refractivity contribution in [2.24, 2.45) is 0 Å². The number of nitrogens with zero attached hydrogens (tertiary/aromatic N) is 1. The van der Waals surface area contributed by atoms with Crippen LogP contribution in [-0.4, -0.2) is 20.2 Å². The zero-order valence-electron chi connectivity index (χ0n) is 8.66. The van der Waals surface area contributed by atoms with E-state index in [0.717, 1.165) is 17.1 Å². The predicted octanol–water partition coefficient (Wildman–Crippen LogP) is 1.88. The lowest BCUT2D eigenvalue weighted by molar-refractivity contribution is 0.303. The molecule has 0 radical (unpaired) electrons. The van der Waals surface area contributed by atoms with Crippen molar-refractivity contribution in [2.45, 2.75) is 18.9 Å². The van der Waals surface area contributed by atoms with Gasteiger partial charge in [0.1, 0.15) is 5.75 Å². The summed E-state index contributed by atoms with van der Waals surface area (Å²) < 4.78 is 5.69. The molecule has 3 nitrogen and oxygen atoms in total. The summed E-state index contributed by atoms with van der Waals surface area (Å²) in [5, 5.41) is 0. The number of ether oxygens (including phenoxy) is 1. The van der Waals surface area contributed by atoms with Crippen LogP contribution in [0, 0.1) is 0 Å². The van der Waals surface area contributed by atoms with Crippen molar-refractivity contribution in [3.05, 3.63) is 18.2 Å². The number of rotatable bonds is 3. The first-order chi connectivity index (χ1) is 6.66. The fraction of sp³-hybridized carbons (Fsp3) is 0.455. The van der Waals surface area contributed by atoms with Gasteiger partial charge in [-0.05, 0) is 25.0 Å². The lowest BCUT2D eigenvalue weighted by atomic mass is 10.2. The molecule has 0 aliphatic heterocycles. The predicted molar refractivity (Wildman–Crippen MR) is 58.8 cm³/mol. The van der Waals surface area contributed by atoms with Crippen LogP contribution in [0.3, 0.4) is 0 Å². The summed E-state index contributed by atoms with van der Waals surface area (Å²) in [4.78, 5) is 2.00. The highest BCUT2D eigenvalue weighted by Gasteiger charge is 2.23. The maximum atomic E-state index is 5.84. The van der Waals surface area contributed by atoms with E-state index < -0.39 is 0 Å². The average Bonchev–Trinajstić information content (AvgIpc) is 2.92. The molecule has 1 saturated carbocycles. The smallest absolute Gasteiger partial charge is 0.121 e. The summed E-state index contributed by atoms with van der Waals surface area (Å²) in [6.45, 7) is 0. The van der Waals surface area contributed by atoms with Crippen molar-refractivity contribution in [3.63, 3.8) is 0 Å². The summed E-state index contributed by atoms with van der Waals surface area (Å²) >= 11 is 0. The molecule has 1 aliphatic carbocycles. The first kappa shape index (κ1) is 9.19. The normalized spacial score (nSPS) is 15.3. The zero-order valence-corrected chi connectivity index (χ0v) is 8.66. The standard InChI is InChI=1S/C11H16N2O/c1-13(2)11-7-9(5-6-10(11)12)14-8-3-4-8/h5-8H,3-4,12H2,1-2H3. The average molecular weight is 192 g/mol. The Labute approximate surface area is 84.5 Å². The van der Waals surface area contributed by atoms with Crippen molar-refractivity contribution >= 4 is 11.4 Å². The second-order valence-electron chi connectivity index (χ2n) is 3.93. The van der Waals surface area contributed by atoms with E-state index >= 15 is 0 Å². The molecule has 0 saturated heterocycles. The third-order valence-corrected chi connectivity index (χ3v) is 2.31. The molecule has 14 heavy (non-hydrogen) atoms. The van der Waals surface area contributed by atoms with Crippen molar-refractivity contribution < 1.29 is 4.74 Å². The SMILES string of the molecule is CN(C)c1cc(OC2CC2)ccc1N. The minimum absolute atomic E-state index is 0.439. The Balaban J connectivity index is 2.20. The van der Waals surface area contributed by atoms with Gasteiger partial charge in [-0.1, -0.05) is 0 Å². The first-order valence-corrected chi connectivity index (χ1v) is 4.90. The minimum Gasteiger partial charge on any atom is -0.490 e. The zero-order chi connectivity index (χ0) is 10.1. The number of nitrogen functional groups attached to an aromatic ring is 1. The molecule has 3 heteroatoms. The van der Waals surface area contributed by atoms with E-state index in [9.17, 15) is 0 Å². The fourth-order valence-electron chi connectivity index (χ4n) is 1.36. The molecule has 1 aromatic carbocycles. The third kappa shape index (κ3) is 1.92. The Hall–Kier alpha value is -1.38. The van der Waals surface area contributed by atoms with Crippen LogP contribution >= 0.6 is 0 Å². The Morgan fingerprint density at radius 1 is 1.36 bits per heavy atom. The molecule has 1 fully saturated rings. The first-order valence-electron chi connectivity index (χ1n) is 4.90. The van der Waals surface area contributed by atoms with Crippen LogP contribution in [0.5, 0.6) is 5.75 Å². The Morgan fingerprint density at radius 2 is 2.07 bits per heavy atom. The van der Waals surface area contributed by atoms with E-state index in [1.165, 1.54) is 12.8 Å². The van der Waals surface area contributed by atoms with Crippen LogP contribution in [0.15, 0.2) is 18.2 Å². The van der Waals surface area contributed by atoms with Gasteiger partial charge in [0.05, 0.1) is 17.5 Å². The van der Waals surface area contributed by atoms with Crippen LogP contribution < -0.4 is 15.4 Å². The van der Waals surface area contributed by atoms with E-state index in [2.05, 4.69) is 0 Å². The summed E-state index contributed by atoms with van der Waals surface area (Å²) in [5.41, 5.74) is 7.65. The van der Waals surface area contributed by atoms with Gasteiger partial charge in [-0.2, -0.15) is 0 Å². The van der Waals surface area contributed by atoms with E-state index in [-0.39, 0.29) is 0 Å². The molecule has 0 aromatic heterocycles. The van der Waals surface area contributed by atoms with Crippen LogP contribution in [0.25, 0.3) is 0 Å². The van der Waals surface area contributed by atoms with Gasteiger partial charge in [-0.15, -0.1) is 0 Å². The van der Waals surface area contributed by atoms with Gasteiger partial charge >= 0.3 is 0 Å². The molecule has 1 aliphatic rings. The molecular weight excluding hydrogens is 176 g/mol. The van der Waals surface area contributed by atoms with Crippen molar-refractivity contribution in [2.75, 3.05) is 24.7 Å². The van der Waals surface area contributed by atoms with Crippen LogP contribution in [0.4, 0.5) is 11.4 Å². The van der Waals surface area contributed by atoms with Crippen molar-refractivity contribution in [3.8, 4) is 5.75 Å². The number of hydrogen-bond donors (Lipinski definition) is 1. The number of anilines is 2. The lowest BCUT2D eigenvalue weighted by Gasteiger charge is -2.16. The third-order valence-electron chi connectivity index (χ3n) is 2.31. The highest BCUT2D eigenvalue weighted by atomic mass is 16.5. The van der Waals surface area contributed by atoms with Gasteiger partial charge in [0.15, 0.2) is 0 Å². The van der Waals surface area contributed by atoms with Crippen molar-refractivity contribution in [1.29, 1.82) is 0 Å². The molecular formula is C11H16N2O. The Bertz CT molecular complexity index is 332. The minimum atomic E-state index is 0.439. The van der Waals surface area contributed by atoms with Gasteiger partial charge < -0.3 is 15.4 Å². The monoisotopic (exact) mass is 192 g/mol. The second-order valence-corrected chi connectivity index (χ2v) is 3.93. The molecule has 0 bridgehead atoms. The Kier molecular flexibility index (Phi) is 2.23. The van der Waals surface area contributed by atoms with Gasteiger partial charge in [0.25, 0.3) is 0 Å². The van der Waals surface area contributed by atoms with Crippen LogP contribution in [0.2, 0.25) is 0 Å². The van der Waals surface area contributed by atoms with Gasteiger partial charge in [0.2, 0.25) is 0 Å². The van der Waals surface area contributed by atoms with E-state index in [1.54, 1.807) is 0 Å². The molecule has 2 N–H and O–H groups in total. The molecule has 0 unspecified atom stereocenters. The van der Waals surface area contributed by atoms with Crippen LogP contribution in [0.1, 0.15) is 12.8 Å². The topological polar surface area (TPSA) is 38.5 Å². The molecule has 2 rings (SSSR count). The van der Waals surface area contributed by atoms with E-state index in [0.29, 0.717) is 6.10 Å². The van der Waals surface area contributed by atoms with Gasteiger partial charge in [-0.3, -0.25) is 0 Å². The van der Waals surface area contributed by atoms with E-state index in [1.807, 2.05) is 37.2 Å². The number of hydrogen-bond acceptors (Lipinski definition) is 3. The fourth-order valence-corrected chi connectivity index (χ4v) is 1.36. The highest BCUT2D eigenvalue weighted by Crippen LogP contribution is 2.31. The summed E-state index contributed by atoms with van der Waals surface area (Å²) in [6, 6.07) is 5.82. The summed E-state index contributed by atoms with van der Waals surface area (Å²) in [5.74, 6) is 0.922. The molecule has 0 heterocycles. The lowest BCUT2D eigenvalue weighted by Crippen LogP contribution is -2.11. The van der Waals surface area contributed by atoms with E-state index in [4.69, 9.17) is 10.5 Å². The number of nitrogens with two attached hydrogens (primary N) is 1. The Morgan fingerprint density at radius 3 is 2.64 bits per heavy atom. The second kappa shape index (κ2) is 3.40. The molecule has 76 valence electrons. The number of benzene rings is 1. The quantitative estimate of drug-likeness (QED) is 0.743. The molecule has 0 atom stereocenters. The largest absolute Gasteiger partial charge is 0.490 e. The van der Waals surface area contributed by atoms with Gasteiger partial charge in [-0.25, -0.2) is 0 Å². The maximum absolute atomic E-state index is 5.84. The maximum Gasteiger partial charge on any atom is 0.121 e. The highest BCUT2D eigenvalue weighted by molar-refractivity contribution is 5.69. The van der Waals surface area contributed by atoms with Crippen LogP contribution in [-0.2, 0) is 0 Å². The van der Waals surface area contributed by atoms with Crippen molar-refractivity contribution in [1.82, 2.24) is 0 Å². The summed E-state index contributed by atoms with van der Waals surface area (Å²) in [6.07, 6.45) is 2.80. The molecule has 0 spiro atoms.